The van der Waals surface area contributed by atoms with Gasteiger partial charge in [0.1, 0.15) is 0 Å². The summed E-state index contributed by atoms with van der Waals surface area (Å²) >= 11 is 0. The lowest BCUT2D eigenvalue weighted by molar-refractivity contribution is -0.385. The van der Waals surface area contributed by atoms with Crippen LogP contribution in [0.5, 0.6) is 0 Å². The number of hydrogen-bond donors (Lipinski definition) is 2. The molecule has 0 saturated carbocycles. The number of rotatable bonds is 10. The second-order valence-corrected chi connectivity index (χ2v) is 11.2. The Balaban J connectivity index is 1.35. The summed E-state index contributed by atoms with van der Waals surface area (Å²) in [6.07, 6.45) is 0. The molecule has 0 aliphatic carbocycles. The lowest BCUT2D eigenvalue weighted by Gasteiger charge is -2.37. The van der Waals surface area contributed by atoms with Crippen LogP contribution in [-0.4, -0.2) is 21.7 Å². The second-order valence-electron chi connectivity index (χ2n) is 11.2. The van der Waals surface area contributed by atoms with Crippen LogP contribution < -0.4 is 10.6 Å². The van der Waals surface area contributed by atoms with Crippen molar-refractivity contribution in [3.05, 3.63) is 211 Å². The first-order chi connectivity index (χ1) is 23.8. The number of nitrogens with zero attached hydrogens (tertiary/aromatic N) is 2. The highest BCUT2D eigenvalue weighted by Gasteiger charge is 2.38. The van der Waals surface area contributed by atoms with E-state index in [9.17, 15) is 29.8 Å². The van der Waals surface area contributed by atoms with Gasteiger partial charge in [0, 0.05) is 46.8 Å². The quantitative estimate of drug-likeness (QED) is 0.0867. The van der Waals surface area contributed by atoms with E-state index in [0.29, 0.717) is 22.5 Å². The number of non-ortho nitro benzene ring substituents is 2. The molecule has 10 heteroatoms. The number of benzene rings is 6. The Hall–Kier alpha value is -6.94. The fourth-order valence-electron chi connectivity index (χ4n) is 5.86. The van der Waals surface area contributed by atoms with E-state index in [2.05, 4.69) is 34.9 Å². The number of carbonyl (C=O) groups excluding carboxylic acids is 2. The SMILES string of the molecule is O=C(Nc1ccc(C(c2ccccc2)(c2ccccc2)c2ccc(NC(=O)c3ccc([N+](=O)[O-])cc3)cc2)cc1)c1ccc([N+](=O)[O-])cc1. The molecule has 0 aliphatic rings. The minimum atomic E-state index is -0.801. The molecule has 10 nitrogen and oxygen atoms in total. The van der Waals surface area contributed by atoms with Gasteiger partial charge >= 0.3 is 0 Å². The smallest absolute Gasteiger partial charge is 0.269 e. The number of nitro groups is 2. The summed E-state index contributed by atoms with van der Waals surface area (Å²) in [5.41, 5.74) is 4.50. The van der Waals surface area contributed by atoms with Crippen molar-refractivity contribution in [3.63, 3.8) is 0 Å². The third kappa shape index (κ3) is 6.65. The van der Waals surface area contributed by atoms with Gasteiger partial charge in [0.25, 0.3) is 23.2 Å². The predicted octanol–water partition coefficient (Wildman–Crippen LogP) is 8.39. The second kappa shape index (κ2) is 13.8. The molecule has 2 amide bonds. The summed E-state index contributed by atoms with van der Waals surface area (Å²) < 4.78 is 0. The molecule has 0 fully saturated rings. The van der Waals surface area contributed by atoms with Crippen molar-refractivity contribution < 1.29 is 19.4 Å². The standard InChI is InChI=1S/C39H28N4O6/c44-37(27-11-23-35(24-12-27)42(46)47)40-33-19-15-31(16-20-33)39(29-7-3-1-4-8-29,30-9-5-2-6-10-30)32-17-21-34(22-18-32)41-38(45)28-13-25-36(26-14-28)43(48)49/h1-26H,(H,40,44)(H,41,45). The number of anilines is 2. The lowest BCUT2D eigenvalue weighted by Crippen LogP contribution is -2.31. The van der Waals surface area contributed by atoms with E-state index >= 15 is 0 Å². The van der Waals surface area contributed by atoms with Crippen LogP contribution in [0.1, 0.15) is 43.0 Å². The fourth-order valence-corrected chi connectivity index (χ4v) is 5.86. The molecule has 0 unspecified atom stereocenters. The van der Waals surface area contributed by atoms with Gasteiger partial charge in [-0.2, -0.15) is 0 Å². The molecule has 0 bridgehead atoms. The summed E-state index contributed by atoms with van der Waals surface area (Å²) in [6.45, 7) is 0. The number of amides is 2. The van der Waals surface area contributed by atoms with Crippen LogP contribution in [0.15, 0.2) is 158 Å². The summed E-state index contributed by atoms with van der Waals surface area (Å²) in [6, 6.07) is 45.9. The van der Waals surface area contributed by atoms with Crippen molar-refractivity contribution in [1.82, 2.24) is 0 Å². The predicted molar refractivity (Wildman–Crippen MR) is 187 cm³/mol. The maximum atomic E-state index is 12.9. The summed E-state index contributed by atoms with van der Waals surface area (Å²) in [4.78, 5) is 46.9. The normalized spacial score (nSPS) is 10.9. The minimum Gasteiger partial charge on any atom is -0.322 e. The third-order valence-electron chi connectivity index (χ3n) is 8.25. The first kappa shape index (κ1) is 32.0. The first-order valence-electron chi connectivity index (χ1n) is 15.2. The van der Waals surface area contributed by atoms with Gasteiger partial charge in [-0.05, 0) is 70.8 Å². The molecule has 0 atom stereocenters. The van der Waals surface area contributed by atoms with Gasteiger partial charge in [-0.1, -0.05) is 84.9 Å². The Morgan fingerprint density at radius 1 is 0.429 bits per heavy atom. The Kier molecular flexibility index (Phi) is 9.03. The van der Waals surface area contributed by atoms with E-state index in [-0.39, 0.29) is 11.4 Å². The van der Waals surface area contributed by atoms with Gasteiger partial charge in [0.2, 0.25) is 0 Å². The van der Waals surface area contributed by atoms with E-state index in [0.717, 1.165) is 22.3 Å². The van der Waals surface area contributed by atoms with Crippen molar-refractivity contribution in [2.45, 2.75) is 5.41 Å². The van der Waals surface area contributed by atoms with Crippen molar-refractivity contribution >= 4 is 34.6 Å². The zero-order valence-corrected chi connectivity index (χ0v) is 25.9. The van der Waals surface area contributed by atoms with Crippen LogP contribution in [-0.2, 0) is 5.41 Å². The molecule has 240 valence electrons. The van der Waals surface area contributed by atoms with Gasteiger partial charge < -0.3 is 10.6 Å². The van der Waals surface area contributed by atoms with Crippen LogP contribution in [0.2, 0.25) is 0 Å². The Bertz CT molecular complexity index is 1960. The monoisotopic (exact) mass is 648 g/mol. The number of hydrogen-bond acceptors (Lipinski definition) is 6. The first-order valence-corrected chi connectivity index (χ1v) is 15.2. The van der Waals surface area contributed by atoms with Gasteiger partial charge in [-0.15, -0.1) is 0 Å². The van der Waals surface area contributed by atoms with Crippen LogP contribution in [0.3, 0.4) is 0 Å². The Morgan fingerprint density at radius 3 is 1.04 bits per heavy atom. The van der Waals surface area contributed by atoms with Gasteiger partial charge in [-0.3, -0.25) is 29.8 Å². The lowest BCUT2D eigenvalue weighted by atomic mass is 9.65. The Morgan fingerprint density at radius 2 is 0.735 bits per heavy atom. The zero-order chi connectivity index (χ0) is 34.4. The van der Waals surface area contributed by atoms with Crippen molar-refractivity contribution in [2.24, 2.45) is 0 Å². The molecule has 0 heterocycles. The molecule has 6 rings (SSSR count). The molecule has 0 radical (unpaired) electrons. The molecule has 6 aromatic carbocycles. The van der Waals surface area contributed by atoms with Crippen molar-refractivity contribution in [3.8, 4) is 0 Å². The summed E-state index contributed by atoms with van der Waals surface area (Å²) in [7, 11) is 0. The van der Waals surface area contributed by atoms with Gasteiger partial charge in [0.15, 0.2) is 0 Å². The largest absolute Gasteiger partial charge is 0.322 e. The summed E-state index contributed by atoms with van der Waals surface area (Å²) in [5, 5.41) is 27.7. The highest BCUT2D eigenvalue weighted by atomic mass is 16.6. The van der Waals surface area contributed by atoms with Crippen LogP contribution in [0.25, 0.3) is 0 Å². The highest BCUT2D eigenvalue weighted by Crippen LogP contribution is 2.45. The molecule has 0 aromatic heterocycles. The highest BCUT2D eigenvalue weighted by molar-refractivity contribution is 6.05. The van der Waals surface area contributed by atoms with Crippen LogP contribution in [0, 0.1) is 20.2 Å². The average Bonchev–Trinajstić information content (AvgIpc) is 3.14. The van der Waals surface area contributed by atoms with E-state index in [1.54, 1.807) is 0 Å². The van der Waals surface area contributed by atoms with Crippen LogP contribution >= 0.6 is 0 Å². The molecule has 0 saturated heterocycles. The maximum absolute atomic E-state index is 12.9. The van der Waals surface area contributed by atoms with Gasteiger partial charge in [0.05, 0.1) is 15.3 Å². The number of nitrogens with one attached hydrogen (secondary N) is 2. The van der Waals surface area contributed by atoms with E-state index in [1.807, 2.05) is 84.9 Å². The fraction of sp³-hybridized carbons (Fsp3) is 0.0256. The molecule has 49 heavy (non-hydrogen) atoms. The van der Waals surface area contributed by atoms with E-state index in [1.165, 1.54) is 48.5 Å². The molecule has 6 aromatic rings. The molecule has 2 N–H and O–H groups in total. The Labute approximate surface area is 281 Å². The van der Waals surface area contributed by atoms with Crippen molar-refractivity contribution in [1.29, 1.82) is 0 Å². The third-order valence-corrected chi connectivity index (χ3v) is 8.25. The number of carbonyl (C=O) groups is 2. The summed E-state index contributed by atoms with van der Waals surface area (Å²) in [5.74, 6) is -0.794. The number of nitro benzene ring substituents is 2. The topological polar surface area (TPSA) is 144 Å². The van der Waals surface area contributed by atoms with Crippen molar-refractivity contribution in [2.75, 3.05) is 10.6 Å². The van der Waals surface area contributed by atoms with Gasteiger partial charge in [-0.25, -0.2) is 0 Å². The maximum Gasteiger partial charge on any atom is 0.269 e. The molecular weight excluding hydrogens is 620 g/mol. The molecule has 0 aliphatic heterocycles. The van der Waals surface area contributed by atoms with Crippen LogP contribution in [0.4, 0.5) is 22.7 Å². The molecular formula is C39H28N4O6. The zero-order valence-electron chi connectivity index (χ0n) is 25.9. The van der Waals surface area contributed by atoms with E-state index in [4.69, 9.17) is 0 Å². The average molecular weight is 649 g/mol. The molecule has 0 spiro atoms. The minimum absolute atomic E-state index is 0.0982. The van der Waals surface area contributed by atoms with E-state index < -0.39 is 27.1 Å².